The van der Waals surface area contributed by atoms with Crippen molar-refractivity contribution in [3.63, 3.8) is 0 Å². The number of methoxy groups -OCH3 is 1. The quantitative estimate of drug-likeness (QED) is 0.837. The van der Waals surface area contributed by atoms with Crippen LogP contribution in [0.15, 0.2) is 18.2 Å². The number of aryl methyl sites for hydroxylation is 2. The molecule has 1 amide bonds. The van der Waals surface area contributed by atoms with Crippen molar-refractivity contribution in [3.05, 3.63) is 34.9 Å². The maximum atomic E-state index is 11.7. The largest absolute Gasteiger partial charge is 0.380 e. The van der Waals surface area contributed by atoms with E-state index in [0.29, 0.717) is 19.5 Å². The van der Waals surface area contributed by atoms with E-state index >= 15 is 0 Å². The summed E-state index contributed by atoms with van der Waals surface area (Å²) in [6.45, 7) is 5.01. The normalized spacial score (nSPS) is 11.6. The third kappa shape index (κ3) is 6.05. The van der Waals surface area contributed by atoms with E-state index in [0.717, 1.165) is 5.56 Å². The van der Waals surface area contributed by atoms with Gasteiger partial charge in [0.15, 0.2) is 0 Å². The van der Waals surface area contributed by atoms with Gasteiger partial charge in [-0.1, -0.05) is 23.8 Å². The highest BCUT2D eigenvalue weighted by atomic mass is 35.5. The van der Waals surface area contributed by atoms with Crippen LogP contribution in [0.3, 0.4) is 0 Å². The Balaban J connectivity index is 0.00000324. The number of hydrogen-bond acceptors (Lipinski definition) is 3. The molecule has 5 heteroatoms. The fraction of sp³-hybridized carbons (Fsp3) is 0.500. The second kappa shape index (κ2) is 8.91. The molecule has 0 radical (unpaired) electrons. The minimum absolute atomic E-state index is 0. The van der Waals surface area contributed by atoms with Gasteiger partial charge in [-0.25, -0.2) is 0 Å². The Morgan fingerprint density at radius 2 is 2.11 bits per heavy atom. The summed E-state index contributed by atoms with van der Waals surface area (Å²) in [7, 11) is 1.56. The number of rotatable bonds is 6. The average Bonchev–Trinajstić information content (AvgIpc) is 2.35. The van der Waals surface area contributed by atoms with Crippen molar-refractivity contribution >= 4 is 18.3 Å². The highest BCUT2D eigenvalue weighted by Crippen LogP contribution is 2.10. The molecule has 0 saturated heterocycles. The van der Waals surface area contributed by atoms with Crippen LogP contribution in [0.2, 0.25) is 0 Å². The van der Waals surface area contributed by atoms with Gasteiger partial charge >= 0.3 is 0 Å². The van der Waals surface area contributed by atoms with Gasteiger partial charge in [0.1, 0.15) is 0 Å². The molecule has 1 aromatic carbocycles. The molecule has 4 nitrogen and oxygen atoms in total. The number of amides is 1. The first-order valence-electron chi connectivity index (χ1n) is 6.12. The van der Waals surface area contributed by atoms with Crippen LogP contribution < -0.4 is 11.1 Å². The van der Waals surface area contributed by atoms with Crippen LogP contribution in [0.25, 0.3) is 0 Å². The Morgan fingerprint density at radius 3 is 2.63 bits per heavy atom. The minimum atomic E-state index is -0.205. The smallest absolute Gasteiger partial charge is 0.222 e. The highest BCUT2D eigenvalue weighted by molar-refractivity contribution is 5.85. The number of benzene rings is 1. The van der Waals surface area contributed by atoms with E-state index in [1.54, 1.807) is 7.11 Å². The number of nitrogens with two attached hydrogens (primary N) is 1. The van der Waals surface area contributed by atoms with Gasteiger partial charge in [0, 0.05) is 20.2 Å². The number of carbonyl (C=O) groups excluding carboxylic acids is 1. The fourth-order valence-electron chi connectivity index (χ4n) is 1.78. The van der Waals surface area contributed by atoms with E-state index in [-0.39, 0.29) is 24.4 Å². The van der Waals surface area contributed by atoms with Gasteiger partial charge in [0.05, 0.1) is 12.5 Å². The summed E-state index contributed by atoms with van der Waals surface area (Å²) in [6, 6.07) is 6.20. The summed E-state index contributed by atoms with van der Waals surface area (Å²) < 4.78 is 5.08. The maximum Gasteiger partial charge on any atom is 0.222 e. The zero-order chi connectivity index (χ0) is 13.5. The molecular weight excluding hydrogens is 264 g/mol. The van der Waals surface area contributed by atoms with Crippen molar-refractivity contribution < 1.29 is 9.53 Å². The van der Waals surface area contributed by atoms with E-state index in [1.807, 2.05) is 19.1 Å². The van der Waals surface area contributed by atoms with Gasteiger partial charge in [-0.3, -0.25) is 4.79 Å². The van der Waals surface area contributed by atoms with Crippen LogP contribution in [0.1, 0.15) is 23.1 Å². The monoisotopic (exact) mass is 286 g/mol. The number of nitrogens with one attached hydrogen (secondary N) is 1. The fourth-order valence-corrected chi connectivity index (χ4v) is 1.78. The lowest BCUT2D eigenvalue weighted by Crippen LogP contribution is -2.32. The number of carbonyl (C=O) groups is 1. The Labute approximate surface area is 121 Å². The van der Waals surface area contributed by atoms with Crippen molar-refractivity contribution in [2.24, 2.45) is 5.73 Å². The van der Waals surface area contributed by atoms with Crippen molar-refractivity contribution in [1.29, 1.82) is 0 Å². The summed E-state index contributed by atoms with van der Waals surface area (Å²) >= 11 is 0. The Bertz CT molecular complexity index is 406. The summed E-state index contributed by atoms with van der Waals surface area (Å²) in [5.41, 5.74) is 9.03. The average molecular weight is 287 g/mol. The second-order valence-electron chi connectivity index (χ2n) is 4.50. The Kier molecular flexibility index (Phi) is 8.39. The van der Waals surface area contributed by atoms with Crippen LogP contribution in [0, 0.1) is 13.8 Å². The van der Waals surface area contributed by atoms with Crippen molar-refractivity contribution in [2.45, 2.75) is 32.9 Å². The first kappa shape index (κ1) is 17.9. The van der Waals surface area contributed by atoms with E-state index in [2.05, 4.69) is 18.3 Å². The predicted molar refractivity (Wildman–Crippen MR) is 79.5 cm³/mol. The molecule has 0 heterocycles. The van der Waals surface area contributed by atoms with Crippen LogP contribution in [-0.4, -0.2) is 25.7 Å². The molecular formula is C14H23ClN2O2. The Hall–Kier alpha value is -1.10. The van der Waals surface area contributed by atoms with E-state index in [4.69, 9.17) is 10.5 Å². The first-order chi connectivity index (χ1) is 8.56. The van der Waals surface area contributed by atoms with Crippen LogP contribution >= 0.6 is 12.4 Å². The van der Waals surface area contributed by atoms with E-state index in [1.165, 1.54) is 11.1 Å². The van der Waals surface area contributed by atoms with Gasteiger partial charge < -0.3 is 15.8 Å². The molecule has 0 aliphatic heterocycles. The molecule has 1 aromatic rings. The zero-order valence-corrected chi connectivity index (χ0v) is 12.5. The molecule has 0 aromatic heterocycles. The van der Waals surface area contributed by atoms with Gasteiger partial charge in [0.2, 0.25) is 5.91 Å². The van der Waals surface area contributed by atoms with Crippen LogP contribution in [0.5, 0.6) is 0 Å². The maximum absolute atomic E-state index is 11.7. The number of hydrogen-bond donors (Lipinski definition) is 2. The SMILES string of the molecule is COC(CN)CC(=O)NCc1ccc(C)cc1C.Cl. The van der Waals surface area contributed by atoms with Gasteiger partial charge in [0.25, 0.3) is 0 Å². The van der Waals surface area contributed by atoms with Crippen LogP contribution in [-0.2, 0) is 16.1 Å². The molecule has 1 atom stereocenters. The van der Waals surface area contributed by atoms with Crippen molar-refractivity contribution in [3.8, 4) is 0 Å². The molecule has 3 N–H and O–H groups in total. The van der Waals surface area contributed by atoms with Crippen molar-refractivity contribution in [2.75, 3.05) is 13.7 Å². The topological polar surface area (TPSA) is 64.3 Å². The molecule has 0 saturated carbocycles. The molecule has 108 valence electrons. The summed E-state index contributed by atoms with van der Waals surface area (Å²) in [6.07, 6.45) is 0.0990. The molecule has 0 aliphatic rings. The molecule has 0 fully saturated rings. The first-order valence-corrected chi connectivity index (χ1v) is 6.12. The van der Waals surface area contributed by atoms with Gasteiger partial charge in [-0.15, -0.1) is 12.4 Å². The number of ether oxygens (including phenoxy) is 1. The van der Waals surface area contributed by atoms with E-state index in [9.17, 15) is 4.79 Å². The molecule has 1 unspecified atom stereocenters. The third-order valence-electron chi connectivity index (χ3n) is 2.98. The molecule has 0 spiro atoms. The lowest BCUT2D eigenvalue weighted by atomic mass is 10.1. The Morgan fingerprint density at radius 1 is 1.42 bits per heavy atom. The zero-order valence-electron chi connectivity index (χ0n) is 11.7. The molecule has 1 rings (SSSR count). The molecule has 19 heavy (non-hydrogen) atoms. The molecule has 0 aliphatic carbocycles. The van der Waals surface area contributed by atoms with Crippen molar-refractivity contribution in [1.82, 2.24) is 5.32 Å². The molecule has 0 bridgehead atoms. The lowest BCUT2D eigenvalue weighted by Gasteiger charge is -2.13. The summed E-state index contributed by atoms with van der Waals surface area (Å²) in [5, 5.41) is 2.88. The lowest BCUT2D eigenvalue weighted by molar-refractivity contribution is -0.123. The third-order valence-corrected chi connectivity index (χ3v) is 2.98. The number of halogens is 1. The van der Waals surface area contributed by atoms with Gasteiger partial charge in [-0.05, 0) is 25.0 Å². The standard InChI is InChI=1S/C14H22N2O2.ClH/c1-10-4-5-12(11(2)6-10)9-16-14(17)7-13(8-15)18-3;/h4-6,13H,7-9,15H2,1-3H3,(H,16,17);1H. The summed E-state index contributed by atoms with van der Waals surface area (Å²) in [5.74, 6) is -0.0349. The van der Waals surface area contributed by atoms with Gasteiger partial charge in [-0.2, -0.15) is 0 Å². The summed E-state index contributed by atoms with van der Waals surface area (Å²) in [4.78, 5) is 11.7. The minimum Gasteiger partial charge on any atom is -0.380 e. The van der Waals surface area contributed by atoms with Crippen LogP contribution in [0.4, 0.5) is 0 Å². The predicted octanol–water partition coefficient (Wildman–Crippen LogP) is 1.71. The second-order valence-corrected chi connectivity index (χ2v) is 4.50. The van der Waals surface area contributed by atoms with E-state index < -0.39 is 0 Å². The highest BCUT2D eigenvalue weighted by Gasteiger charge is 2.11.